The van der Waals surface area contributed by atoms with Crippen molar-refractivity contribution < 1.29 is 4.79 Å². The minimum absolute atomic E-state index is 0.0590. The van der Waals surface area contributed by atoms with Gasteiger partial charge in [0.1, 0.15) is 0 Å². The average molecular weight is 175 g/mol. The molecule has 2 rings (SSSR count). The van der Waals surface area contributed by atoms with E-state index in [-0.39, 0.29) is 5.91 Å². The molecule has 1 aromatic rings. The predicted molar refractivity (Wildman–Crippen MR) is 53.6 cm³/mol. The Morgan fingerprint density at radius 2 is 2.08 bits per heavy atom. The number of benzene rings is 1. The summed E-state index contributed by atoms with van der Waals surface area (Å²) >= 11 is 0. The molecule has 0 atom stereocenters. The highest BCUT2D eigenvalue weighted by molar-refractivity contribution is 5.98. The normalized spacial score (nSPS) is 12.5. The molecule has 2 heteroatoms. The molecule has 0 radical (unpaired) electrons. The fourth-order valence-electron chi connectivity index (χ4n) is 1.33. The molecule has 0 saturated carbocycles. The number of aryl methyl sites for hydroxylation is 1. The van der Waals surface area contributed by atoms with Crippen molar-refractivity contribution in [1.29, 1.82) is 0 Å². The van der Waals surface area contributed by atoms with Crippen molar-refractivity contribution in [3.63, 3.8) is 0 Å². The van der Waals surface area contributed by atoms with Crippen molar-refractivity contribution in [1.82, 2.24) is 5.32 Å². The summed E-state index contributed by atoms with van der Waals surface area (Å²) in [5.74, 6) is 0.0590. The lowest BCUT2D eigenvalue weighted by molar-refractivity contribution is 0.0965. The van der Waals surface area contributed by atoms with Crippen LogP contribution in [0.2, 0.25) is 0 Å². The van der Waals surface area contributed by atoms with Crippen molar-refractivity contribution in [2.45, 2.75) is 13.5 Å². The van der Waals surface area contributed by atoms with Crippen molar-refractivity contribution >= 4 is 5.91 Å². The Morgan fingerprint density at radius 3 is 2.77 bits per heavy atom. The second-order valence-corrected chi connectivity index (χ2v) is 2.84. The molecule has 1 heterocycles. The maximum atomic E-state index is 11.1. The quantitative estimate of drug-likeness (QED) is 0.601. The molecule has 1 amide bonds. The SMILES string of the molecule is C=C.Cc1ccc2c(c1)C(=O)NC2. The Hall–Kier alpha value is -1.57. The number of hydrogen-bond acceptors (Lipinski definition) is 1. The lowest BCUT2D eigenvalue weighted by Gasteiger charge is -1.95. The first-order valence-corrected chi connectivity index (χ1v) is 4.15. The molecular formula is C11H13NO. The lowest BCUT2D eigenvalue weighted by atomic mass is 10.1. The summed E-state index contributed by atoms with van der Waals surface area (Å²) in [6.07, 6.45) is 0. The van der Waals surface area contributed by atoms with E-state index < -0.39 is 0 Å². The highest BCUT2D eigenvalue weighted by Crippen LogP contribution is 2.16. The molecule has 0 aromatic heterocycles. The van der Waals surface area contributed by atoms with Crippen LogP contribution in [0, 0.1) is 6.92 Å². The standard InChI is InChI=1S/C9H9NO.C2H4/c1-6-2-3-7-5-10-9(11)8(7)4-6;1-2/h2-4H,5H2,1H3,(H,10,11);1-2H2. The molecule has 0 saturated heterocycles. The van der Waals surface area contributed by atoms with Gasteiger partial charge in [-0.05, 0) is 18.6 Å². The zero-order chi connectivity index (χ0) is 9.84. The molecule has 1 N–H and O–H groups in total. The van der Waals surface area contributed by atoms with E-state index in [2.05, 4.69) is 18.5 Å². The van der Waals surface area contributed by atoms with Crippen LogP contribution in [-0.4, -0.2) is 5.91 Å². The number of carbonyl (C=O) groups excluding carboxylic acids is 1. The van der Waals surface area contributed by atoms with Crippen LogP contribution in [-0.2, 0) is 6.54 Å². The molecule has 0 unspecified atom stereocenters. The van der Waals surface area contributed by atoms with Gasteiger partial charge in [-0.15, -0.1) is 13.2 Å². The van der Waals surface area contributed by atoms with Crippen molar-refractivity contribution in [3.8, 4) is 0 Å². The molecule has 1 aliphatic heterocycles. The monoisotopic (exact) mass is 175 g/mol. The highest BCUT2D eigenvalue weighted by Gasteiger charge is 2.17. The van der Waals surface area contributed by atoms with Crippen molar-refractivity contribution in [2.75, 3.05) is 0 Å². The fourth-order valence-corrected chi connectivity index (χ4v) is 1.33. The smallest absolute Gasteiger partial charge is 0.251 e. The number of nitrogens with one attached hydrogen (secondary N) is 1. The maximum absolute atomic E-state index is 11.1. The van der Waals surface area contributed by atoms with Gasteiger partial charge < -0.3 is 5.32 Å². The number of amides is 1. The van der Waals surface area contributed by atoms with Gasteiger partial charge in [-0.3, -0.25) is 4.79 Å². The molecule has 0 bridgehead atoms. The average Bonchev–Trinajstić information content (AvgIpc) is 2.52. The van der Waals surface area contributed by atoms with Crippen molar-refractivity contribution in [2.24, 2.45) is 0 Å². The number of carbonyl (C=O) groups is 1. The summed E-state index contributed by atoms with van der Waals surface area (Å²) in [6.45, 7) is 8.68. The molecule has 13 heavy (non-hydrogen) atoms. The lowest BCUT2D eigenvalue weighted by Crippen LogP contribution is -2.12. The maximum Gasteiger partial charge on any atom is 0.251 e. The van der Waals surface area contributed by atoms with Gasteiger partial charge in [0, 0.05) is 12.1 Å². The molecule has 2 nitrogen and oxygen atoms in total. The van der Waals surface area contributed by atoms with E-state index in [9.17, 15) is 4.79 Å². The van der Waals surface area contributed by atoms with Gasteiger partial charge in [-0.2, -0.15) is 0 Å². The zero-order valence-electron chi connectivity index (χ0n) is 7.76. The number of hydrogen-bond donors (Lipinski definition) is 1. The number of fused-ring (bicyclic) bond motifs is 1. The second-order valence-electron chi connectivity index (χ2n) is 2.84. The van der Waals surface area contributed by atoms with Crippen LogP contribution in [0.5, 0.6) is 0 Å². The Labute approximate surface area is 78.3 Å². The third-order valence-corrected chi connectivity index (χ3v) is 1.95. The summed E-state index contributed by atoms with van der Waals surface area (Å²) in [7, 11) is 0. The summed E-state index contributed by atoms with van der Waals surface area (Å²) in [5.41, 5.74) is 3.09. The van der Waals surface area contributed by atoms with E-state index in [1.807, 2.05) is 25.1 Å². The van der Waals surface area contributed by atoms with Crippen LogP contribution in [0.25, 0.3) is 0 Å². The summed E-state index contributed by atoms with van der Waals surface area (Å²) < 4.78 is 0. The van der Waals surface area contributed by atoms with E-state index in [1.165, 1.54) is 0 Å². The minimum atomic E-state index is 0.0590. The zero-order valence-corrected chi connectivity index (χ0v) is 7.76. The van der Waals surface area contributed by atoms with E-state index in [1.54, 1.807) is 0 Å². The molecule has 0 fully saturated rings. The van der Waals surface area contributed by atoms with E-state index in [0.29, 0.717) is 6.54 Å². The van der Waals surface area contributed by atoms with Crippen LogP contribution in [0.15, 0.2) is 31.4 Å². The topological polar surface area (TPSA) is 29.1 Å². The third kappa shape index (κ3) is 1.78. The van der Waals surface area contributed by atoms with E-state index in [4.69, 9.17) is 0 Å². The van der Waals surface area contributed by atoms with Crippen LogP contribution in [0.4, 0.5) is 0 Å². The Bertz CT molecular complexity index is 331. The van der Waals surface area contributed by atoms with Gasteiger partial charge in [-0.25, -0.2) is 0 Å². The Kier molecular flexibility index (Phi) is 2.85. The van der Waals surface area contributed by atoms with Crippen LogP contribution in [0.3, 0.4) is 0 Å². The number of rotatable bonds is 0. The molecular weight excluding hydrogens is 162 g/mol. The Morgan fingerprint density at radius 1 is 1.38 bits per heavy atom. The summed E-state index contributed by atoms with van der Waals surface area (Å²) in [6, 6.07) is 5.96. The first-order valence-electron chi connectivity index (χ1n) is 4.15. The van der Waals surface area contributed by atoms with Crippen molar-refractivity contribution in [3.05, 3.63) is 48.0 Å². The molecule has 1 aliphatic rings. The highest BCUT2D eigenvalue weighted by atomic mass is 16.1. The first kappa shape index (κ1) is 9.52. The van der Waals surface area contributed by atoms with Gasteiger partial charge >= 0.3 is 0 Å². The van der Waals surface area contributed by atoms with Crippen LogP contribution in [0.1, 0.15) is 21.5 Å². The predicted octanol–water partition coefficient (Wildman–Crippen LogP) is 2.04. The van der Waals surface area contributed by atoms with Crippen LogP contribution < -0.4 is 5.32 Å². The molecule has 0 aliphatic carbocycles. The van der Waals surface area contributed by atoms with E-state index in [0.717, 1.165) is 16.7 Å². The molecule has 1 aromatic carbocycles. The van der Waals surface area contributed by atoms with Gasteiger partial charge in [-0.1, -0.05) is 17.7 Å². The van der Waals surface area contributed by atoms with Crippen LogP contribution >= 0.6 is 0 Å². The van der Waals surface area contributed by atoms with Gasteiger partial charge in [0.2, 0.25) is 0 Å². The first-order chi connectivity index (χ1) is 6.27. The largest absolute Gasteiger partial charge is 0.348 e. The van der Waals surface area contributed by atoms with E-state index >= 15 is 0 Å². The third-order valence-electron chi connectivity index (χ3n) is 1.95. The Balaban J connectivity index is 0.000000396. The summed E-state index contributed by atoms with van der Waals surface area (Å²) in [4.78, 5) is 11.1. The molecule has 68 valence electrons. The van der Waals surface area contributed by atoms with Gasteiger partial charge in [0.15, 0.2) is 0 Å². The second kappa shape index (κ2) is 3.90. The van der Waals surface area contributed by atoms with Gasteiger partial charge in [0.25, 0.3) is 5.91 Å². The van der Waals surface area contributed by atoms with Gasteiger partial charge in [0.05, 0.1) is 0 Å². The fraction of sp³-hybridized carbons (Fsp3) is 0.182. The molecule has 0 spiro atoms. The minimum Gasteiger partial charge on any atom is -0.348 e. The summed E-state index contributed by atoms with van der Waals surface area (Å²) in [5, 5.41) is 2.77.